The first-order chi connectivity index (χ1) is 11.2. The number of aromatic nitrogens is 2. The van der Waals surface area contributed by atoms with Gasteiger partial charge < -0.3 is 10.6 Å². The molecule has 1 heterocycles. The molecule has 24 heavy (non-hydrogen) atoms. The van der Waals surface area contributed by atoms with Crippen LogP contribution in [0.5, 0.6) is 0 Å². The van der Waals surface area contributed by atoms with Crippen LogP contribution in [-0.4, -0.2) is 27.6 Å². The summed E-state index contributed by atoms with van der Waals surface area (Å²) in [5.74, 6) is -0.982. The van der Waals surface area contributed by atoms with Gasteiger partial charge in [-0.1, -0.05) is 26.0 Å². The lowest BCUT2D eigenvalue weighted by molar-refractivity contribution is -0.137. The van der Waals surface area contributed by atoms with Crippen LogP contribution in [0.2, 0.25) is 0 Å². The van der Waals surface area contributed by atoms with Gasteiger partial charge >= 0.3 is 18.4 Å². The van der Waals surface area contributed by atoms with E-state index in [0.29, 0.717) is 16.5 Å². The SMILES string of the molecule is C=C1C(NC(=O)C(=O)Nc2ccn(C(F)F)n2)C[C@H]2C[C@@H]1C2(C)C. The Morgan fingerprint density at radius 2 is 2.08 bits per heavy atom. The first-order valence-electron chi connectivity index (χ1n) is 7.84. The normalized spacial score (nSPS) is 27.5. The second kappa shape index (κ2) is 5.68. The van der Waals surface area contributed by atoms with Crippen molar-refractivity contribution in [3.63, 3.8) is 0 Å². The Hall–Kier alpha value is -2.25. The van der Waals surface area contributed by atoms with Crippen molar-refractivity contribution in [1.82, 2.24) is 15.1 Å². The molecule has 0 saturated heterocycles. The van der Waals surface area contributed by atoms with E-state index in [1.54, 1.807) is 0 Å². The molecule has 1 aromatic rings. The second-order valence-corrected chi connectivity index (χ2v) is 7.06. The number of hydrogen-bond donors (Lipinski definition) is 2. The molecule has 3 saturated carbocycles. The number of hydrogen-bond acceptors (Lipinski definition) is 3. The third kappa shape index (κ3) is 2.70. The average Bonchev–Trinajstić information content (AvgIpc) is 2.97. The highest BCUT2D eigenvalue weighted by atomic mass is 19.3. The van der Waals surface area contributed by atoms with E-state index in [0.717, 1.165) is 24.6 Å². The standard InChI is InChI=1S/C16H20F2N4O2/c1-8-10-6-9(16(10,2)3)7-11(8)19-13(23)14(24)20-12-4-5-22(21-12)15(17)18/h4-5,9-11,15H,1,6-7H2,2-3H3,(H,19,23)(H,20,21,24)/t9-,10+,11?/m1/s1. The molecule has 3 aliphatic carbocycles. The molecule has 0 aliphatic heterocycles. The second-order valence-electron chi connectivity index (χ2n) is 7.06. The number of alkyl halides is 2. The van der Waals surface area contributed by atoms with Gasteiger partial charge in [-0.25, -0.2) is 4.68 Å². The highest BCUT2D eigenvalue weighted by Crippen LogP contribution is 2.60. The largest absolute Gasteiger partial charge is 0.341 e. The van der Waals surface area contributed by atoms with Crippen LogP contribution in [0.25, 0.3) is 0 Å². The number of amides is 2. The van der Waals surface area contributed by atoms with Crippen molar-refractivity contribution in [2.24, 2.45) is 17.3 Å². The first kappa shape index (κ1) is 16.6. The van der Waals surface area contributed by atoms with E-state index in [4.69, 9.17) is 0 Å². The van der Waals surface area contributed by atoms with Gasteiger partial charge in [0.25, 0.3) is 0 Å². The molecule has 6 nitrogen and oxygen atoms in total. The summed E-state index contributed by atoms with van der Waals surface area (Å²) in [6, 6.07) is 0.979. The maximum atomic E-state index is 12.4. The molecule has 2 N–H and O–H groups in total. The van der Waals surface area contributed by atoms with Crippen molar-refractivity contribution in [3.05, 3.63) is 24.4 Å². The zero-order chi connectivity index (χ0) is 17.6. The maximum Gasteiger partial charge on any atom is 0.333 e. The van der Waals surface area contributed by atoms with Crippen molar-refractivity contribution in [2.75, 3.05) is 5.32 Å². The average molecular weight is 338 g/mol. The Morgan fingerprint density at radius 1 is 1.38 bits per heavy atom. The number of rotatable bonds is 3. The maximum absolute atomic E-state index is 12.4. The van der Waals surface area contributed by atoms with Crippen molar-refractivity contribution in [2.45, 2.75) is 39.3 Å². The van der Waals surface area contributed by atoms with Crippen LogP contribution in [0, 0.1) is 17.3 Å². The van der Waals surface area contributed by atoms with Crippen LogP contribution >= 0.6 is 0 Å². The molecule has 2 bridgehead atoms. The summed E-state index contributed by atoms with van der Waals surface area (Å²) < 4.78 is 25.3. The minimum atomic E-state index is -2.80. The molecule has 0 radical (unpaired) electrons. The van der Waals surface area contributed by atoms with E-state index in [9.17, 15) is 18.4 Å². The van der Waals surface area contributed by atoms with Gasteiger partial charge in [0.1, 0.15) is 0 Å². The molecule has 4 rings (SSSR count). The molecule has 3 atom stereocenters. The van der Waals surface area contributed by atoms with Crippen LogP contribution < -0.4 is 10.6 Å². The van der Waals surface area contributed by atoms with Crippen molar-refractivity contribution < 1.29 is 18.4 Å². The quantitative estimate of drug-likeness (QED) is 0.656. The summed E-state index contributed by atoms with van der Waals surface area (Å²) in [4.78, 5) is 23.9. The molecular weight excluding hydrogens is 318 g/mol. The van der Waals surface area contributed by atoms with Crippen LogP contribution in [-0.2, 0) is 9.59 Å². The fraction of sp³-hybridized carbons (Fsp3) is 0.562. The van der Waals surface area contributed by atoms with Crippen molar-refractivity contribution in [3.8, 4) is 0 Å². The first-order valence-corrected chi connectivity index (χ1v) is 7.84. The van der Waals surface area contributed by atoms with E-state index >= 15 is 0 Å². The van der Waals surface area contributed by atoms with Gasteiger partial charge in [0.2, 0.25) is 0 Å². The van der Waals surface area contributed by atoms with E-state index < -0.39 is 18.4 Å². The Bertz CT molecular complexity index is 698. The highest BCUT2D eigenvalue weighted by molar-refractivity contribution is 6.39. The molecule has 130 valence electrons. The van der Waals surface area contributed by atoms with Gasteiger partial charge in [-0.3, -0.25) is 9.59 Å². The Morgan fingerprint density at radius 3 is 2.62 bits per heavy atom. The molecule has 0 aromatic carbocycles. The molecule has 1 aromatic heterocycles. The van der Waals surface area contributed by atoms with Crippen LogP contribution in [0.3, 0.4) is 0 Å². The lowest BCUT2D eigenvalue weighted by Gasteiger charge is -2.59. The Kier molecular flexibility index (Phi) is 3.93. The zero-order valence-electron chi connectivity index (χ0n) is 13.6. The van der Waals surface area contributed by atoms with Crippen molar-refractivity contribution in [1.29, 1.82) is 0 Å². The molecule has 1 unspecified atom stereocenters. The van der Waals surface area contributed by atoms with E-state index in [2.05, 4.69) is 36.2 Å². The number of halogens is 2. The number of anilines is 1. The summed E-state index contributed by atoms with van der Waals surface area (Å²) in [5, 5.41) is 8.37. The molecule has 3 aliphatic rings. The highest BCUT2D eigenvalue weighted by Gasteiger charge is 2.55. The number of nitrogens with zero attached hydrogens (tertiary/aromatic N) is 2. The fourth-order valence-corrected chi connectivity index (χ4v) is 3.79. The minimum Gasteiger partial charge on any atom is -0.341 e. The number of carbonyl (C=O) groups excluding carboxylic acids is 2. The van der Waals surface area contributed by atoms with E-state index in [-0.39, 0.29) is 17.3 Å². The lowest BCUT2D eigenvalue weighted by Crippen LogP contribution is -2.58. The van der Waals surface area contributed by atoms with E-state index in [1.165, 1.54) is 6.07 Å². The molecule has 8 heteroatoms. The smallest absolute Gasteiger partial charge is 0.333 e. The number of carbonyl (C=O) groups is 2. The van der Waals surface area contributed by atoms with Gasteiger partial charge in [0.15, 0.2) is 5.82 Å². The summed E-state index contributed by atoms with van der Waals surface area (Å²) in [6.45, 7) is 5.67. The lowest BCUT2D eigenvalue weighted by atomic mass is 9.46. The van der Waals surface area contributed by atoms with Crippen molar-refractivity contribution >= 4 is 17.6 Å². The van der Waals surface area contributed by atoms with Gasteiger partial charge in [-0.2, -0.15) is 13.9 Å². The predicted molar refractivity (Wildman–Crippen MR) is 83.2 cm³/mol. The van der Waals surface area contributed by atoms with Crippen LogP contribution in [0.4, 0.5) is 14.6 Å². The van der Waals surface area contributed by atoms with E-state index in [1.807, 2.05) is 0 Å². The summed E-state index contributed by atoms with van der Waals surface area (Å²) >= 11 is 0. The predicted octanol–water partition coefficient (Wildman–Crippen LogP) is 2.32. The minimum absolute atomic E-state index is 0.0955. The third-order valence-electron chi connectivity index (χ3n) is 5.45. The molecule has 0 spiro atoms. The molecular formula is C16H20F2N4O2. The monoisotopic (exact) mass is 338 g/mol. The fourth-order valence-electron chi connectivity index (χ4n) is 3.79. The van der Waals surface area contributed by atoms with Gasteiger partial charge in [0, 0.05) is 12.3 Å². The molecule has 2 amide bonds. The third-order valence-corrected chi connectivity index (χ3v) is 5.45. The van der Waals surface area contributed by atoms with Crippen LogP contribution in [0.1, 0.15) is 33.2 Å². The Balaban J connectivity index is 1.57. The summed E-state index contributed by atoms with van der Waals surface area (Å²) in [6.07, 6.45) is 2.87. The number of nitrogens with one attached hydrogen (secondary N) is 2. The topological polar surface area (TPSA) is 76.0 Å². The Labute approximate surface area is 138 Å². The summed E-state index contributed by atoms with van der Waals surface area (Å²) in [5.41, 5.74) is 1.15. The zero-order valence-corrected chi connectivity index (χ0v) is 13.6. The van der Waals surface area contributed by atoms with Gasteiger partial charge in [-0.15, -0.1) is 0 Å². The number of fused-ring (bicyclic) bond motifs is 2. The van der Waals surface area contributed by atoms with Gasteiger partial charge in [0.05, 0.1) is 6.04 Å². The van der Waals surface area contributed by atoms with Gasteiger partial charge in [-0.05, 0) is 30.1 Å². The van der Waals surface area contributed by atoms with Crippen LogP contribution in [0.15, 0.2) is 24.4 Å². The summed E-state index contributed by atoms with van der Waals surface area (Å²) in [7, 11) is 0. The molecule has 3 fully saturated rings.